The minimum Gasteiger partial charge on any atom is -0.480 e. The number of carbonyl (C=O) groups is 2. The Morgan fingerprint density at radius 1 is 1.21 bits per heavy atom. The number of carbonyl (C=O) groups excluding carboxylic acids is 1. The van der Waals surface area contributed by atoms with E-state index in [1.165, 1.54) is 4.90 Å². The van der Waals surface area contributed by atoms with Crippen LogP contribution in [0.4, 0.5) is 0 Å². The lowest BCUT2D eigenvalue weighted by Gasteiger charge is -2.22. The van der Waals surface area contributed by atoms with Crippen LogP contribution in [0, 0.1) is 5.92 Å². The fourth-order valence-electron chi connectivity index (χ4n) is 1.89. The summed E-state index contributed by atoms with van der Waals surface area (Å²) in [6, 6.07) is 7.33. The zero-order valence-electron chi connectivity index (χ0n) is 11.7. The number of amides is 1. The van der Waals surface area contributed by atoms with Crippen molar-refractivity contribution < 1.29 is 14.7 Å². The number of aryl methyl sites for hydroxylation is 1. The highest BCUT2D eigenvalue weighted by Crippen LogP contribution is 2.10. The van der Waals surface area contributed by atoms with Crippen LogP contribution in [0.1, 0.15) is 36.7 Å². The number of benzene rings is 1. The molecule has 0 heterocycles. The molecule has 1 aromatic rings. The maximum Gasteiger partial charge on any atom is 0.323 e. The third-order valence-electron chi connectivity index (χ3n) is 2.81. The van der Waals surface area contributed by atoms with Gasteiger partial charge in [0.05, 0.1) is 0 Å². The van der Waals surface area contributed by atoms with Gasteiger partial charge in [-0.15, -0.1) is 0 Å². The standard InChI is InChI=1S/C15H21NO3/c1-4-12-5-7-13(8-6-12)15(19)16(9-11(2)3)10-14(17)18/h5-8,11H,4,9-10H2,1-3H3,(H,17,18). The summed E-state index contributed by atoms with van der Waals surface area (Å²) in [7, 11) is 0. The molecule has 104 valence electrons. The Morgan fingerprint density at radius 2 is 1.79 bits per heavy atom. The molecule has 0 aliphatic carbocycles. The minimum atomic E-state index is -0.987. The number of rotatable bonds is 6. The van der Waals surface area contributed by atoms with Crippen molar-refractivity contribution in [3.8, 4) is 0 Å². The Labute approximate surface area is 114 Å². The van der Waals surface area contributed by atoms with Crippen LogP contribution in [-0.2, 0) is 11.2 Å². The van der Waals surface area contributed by atoms with Crippen LogP contribution in [0.5, 0.6) is 0 Å². The van der Waals surface area contributed by atoms with Crippen molar-refractivity contribution in [2.24, 2.45) is 5.92 Å². The molecule has 0 aliphatic heterocycles. The molecule has 1 aromatic carbocycles. The molecule has 1 rings (SSSR count). The minimum absolute atomic E-state index is 0.223. The van der Waals surface area contributed by atoms with E-state index in [2.05, 4.69) is 0 Å². The van der Waals surface area contributed by atoms with Crippen LogP contribution in [0.2, 0.25) is 0 Å². The fourth-order valence-corrected chi connectivity index (χ4v) is 1.89. The Bertz CT molecular complexity index is 437. The van der Waals surface area contributed by atoms with E-state index in [0.717, 1.165) is 12.0 Å². The monoisotopic (exact) mass is 263 g/mol. The largest absolute Gasteiger partial charge is 0.480 e. The quantitative estimate of drug-likeness (QED) is 0.857. The molecular weight excluding hydrogens is 242 g/mol. The van der Waals surface area contributed by atoms with Crippen molar-refractivity contribution in [3.05, 3.63) is 35.4 Å². The predicted molar refractivity (Wildman–Crippen MR) is 74.2 cm³/mol. The van der Waals surface area contributed by atoms with Crippen molar-refractivity contribution >= 4 is 11.9 Å². The van der Waals surface area contributed by atoms with E-state index in [1.807, 2.05) is 32.9 Å². The van der Waals surface area contributed by atoms with Crippen LogP contribution >= 0.6 is 0 Å². The van der Waals surface area contributed by atoms with Gasteiger partial charge in [0, 0.05) is 12.1 Å². The summed E-state index contributed by atoms with van der Waals surface area (Å²) in [5.74, 6) is -0.976. The highest BCUT2D eigenvalue weighted by Gasteiger charge is 2.19. The molecule has 0 atom stereocenters. The number of aliphatic carboxylic acids is 1. The lowest BCUT2D eigenvalue weighted by molar-refractivity contribution is -0.137. The highest BCUT2D eigenvalue weighted by atomic mass is 16.4. The Morgan fingerprint density at radius 3 is 2.21 bits per heavy atom. The molecule has 0 fully saturated rings. The molecule has 0 unspecified atom stereocenters. The molecule has 0 aliphatic rings. The van der Waals surface area contributed by atoms with Gasteiger partial charge in [-0.1, -0.05) is 32.9 Å². The van der Waals surface area contributed by atoms with Crippen LogP contribution in [0.25, 0.3) is 0 Å². The van der Waals surface area contributed by atoms with Crippen LogP contribution < -0.4 is 0 Å². The van der Waals surface area contributed by atoms with Gasteiger partial charge >= 0.3 is 5.97 Å². The van der Waals surface area contributed by atoms with Crippen molar-refractivity contribution in [2.45, 2.75) is 27.2 Å². The van der Waals surface area contributed by atoms with Crippen LogP contribution in [0.15, 0.2) is 24.3 Å². The highest BCUT2D eigenvalue weighted by molar-refractivity contribution is 5.95. The second-order valence-corrected chi connectivity index (χ2v) is 5.02. The molecule has 0 spiro atoms. The summed E-state index contributed by atoms with van der Waals surface area (Å²) < 4.78 is 0. The van der Waals surface area contributed by atoms with E-state index in [-0.39, 0.29) is 18.4 Å². The number of carboxylic acid groups (broad SMARTS) is 1. The smallest absolute Gasteiger partial charge is 0.323 e. The molecule has 0 aromatic heterocycles. The summed E-state index contributed by atoms with van der Waals surface area (Å²) in [5.41, 5.74) is 1.70. The lowest BCUT2D eigenvalue weighted by atomic mass is 10.1. The third kappa shape index (κ3) is 4.73. The van der Waals surface area contributed by atoms with Gasteiger partial charge in [0.15, 0.2) is 0 Å². The number of hydrogen-bond acceptors (Lipinski definition) is 2. The molecule has 4 heteroatoms. The fraction of sp³-hybridized carbons (Fsp3) is 0.467. The summed E-state index contributed by atoms with van der Waals surface area (Å²) >= 11 is 0. The molecule has 0 radical (unpaired) electrons. The van der Waals surface area contributed by atoms with Crippen molar-refractivity contribution in [1.82, 2.24) is 4.90 Å². The molecule has 1 N–H and O–H groups in total. The van der Waals surface area contributed by atoms with Crippen LogP contribution in [0.3, 0.4) is 0 Å². The molecular formula is C15H21NO3. The predicted octanol–water partition coefficient (Wildman–Crippen LogP) is 2.43. The summed E-state index contributed by atoms with van der Waals surface area (Å²) in [6.07, 6.45) is 0.916. The summed E-state index contributed by atoms with van der Waals surface area (Å²) in [6.45, 7) is 6.16. The van der Waals surface area contributed by atoms with Gasteiger partial charge in [0.1, 0.15) is 6.54 Å². The van der Waals surface area contributed by atoms with Gasteiger partial charge in [-0.05, 0) is 30.0 Å². The number of nitrogens with zero attached hydrogens (tertiary/aromatic N) is 1. The van der Waals surface area contributed by atoms with E-state index >= 15 is 0 Å². The first kappa shape index (κ1) is 15.2. The maximum atomic E-state index is 12.3. The third-order valence-corrected chi connectivity index (χ3v) is 2.81. The van der Waals surface area contributed by atoms with Gasteiger partial charge in [-0.25, -0.2) is 0 Å². The number of hydrogen-bond donors (Lipinski definition) is 1. The number of carboxylic acids is 1. The second-order valence-electron chi connectivity index (χ2n) is 5.02. The zero-order chi connectivity index (χ0) is 14.4. The molecule has 0 bridgehead atoms. The second kappa shape index (κ2) is 6.92. The SMILES string of the molecule is CCc1ccc(C(=O)N(CC(=O)O)CC(C)C)cc1. The van der Waals surface area contributed by atoms with E-state index < -0.39 is 5.97 Å². The molecule has 19 heavy (non-hydrogen) atoms. The van der Waals surface area contributed by atoms with Crippen molar-refractivity contribution in [2.75, 3.05) is 13.1 Å². The Kier molecular flexibility index (Phi) is 5.55. The van der Waals surface area contributed by atoms with Gasteiger partial charge in [-0.3, -0.25) is 9.59 Å². The van der Waals surface area contributed by atoms with Gasteiger partial charge in [0.2, 0.25) is 0 Å². The Hall–Kier alpha value is -1.84. The van der Waals surface area contributed by atoms with E-state index in [4.69, 9.17) is 5.11 Å². The van der Waals surface area contributed by atoms with Crippen molar-refractivity contribution in [3.63, 3.8) is 0 Å². The first-order valence-corrected chi connectivity index (χ1v) is 6.54. The first-order chi connectivity index (χ1) is 8.93. The lowest BCUT2D eigenvalue weighted by Crippen LogP contribution is -2.38. The van der Waals surface area contributed by atoms with E-state index in [1.54, 1.807) is 12.1 Å². The first-order valence-electron chi connectivity index (χ1n) is 6.54. The zero-order valence-corrected chi connectivity index (χ0v) is 11.7. The van der Waals surface area contributed by atoms with Crippen LogP contribution in [-0.4, -0.2) is 35.0 Å². The molecule has 4 nitrogen and oxygen atoms in total. The summed E-state index contributed by atoms with van der Waals surface area (Å²) in [4.78, 5) is 24.5. The summed E-state index contributed by atoms with van der Waals surface area (Å²) in [5, 5.41) is 8.88. The van der Waals surface area contributed by atoms with Gasteiger partial charge in [-0.2, -0.15) is 0 Å². The molecule has 0 saturated carbocycles. The van der Waals surface area contributed by atoms with Gasteiger partial charge in [0.25, 0.3) is 5.91 Å². The average molecular weight is 263 g/mol. The van der Waals surface area contributed by atoms with E-state index in [0.29, 0.717) is 12.1 Å². The molecule has 1 amide bonds. The maximum absolute atomic E-state index is 12.3. The van der Waals surface area contributed by atoms with Crippen molar-refractivity contribution in [1.29, 1.82) is 0 Å². The topological polar surface area (TPSA) is 57.6 Å². The molecule has 0 saturated heterocycles. The Balaban J connectivity index is 2.87. The normalized spacial score (nSPS) is 10.5. The average Bonchev–Trinajstić information content (AvgIpc) is 2.36. The van der Waals surface area contributed by atoms with E-state index in [9.17, 15) is 9.59 Å². The van der Waals surface area contributed by atoms with Gasteiger partial charge < -0.3 is 10.0 Å².